The van der Waals surface area contributed by atoms with E-state index in [9.17, 15) is 14.4 Å². The molecule has 0 rings (SSSR count). The minimum atomic E-state index is -2.74. The lowest BCUT2D eigenvalue weighted by atomic mass is 9.96. The molecule has 8 heteroatoms. The molecule has 0 fully saturated rings. The van der Waals surface area contributed by atoms with E-state index in [1.165, 1.54) is 83.5 Å². The van der Waals surface area contributed by atoms with Crippen LogP contribution >= 0.6 is 0 Å². The second-order valence-corrected chi connectivity index (χ2v) is 8.14. The molecule has 0 heterocycles. The number of hydrogen-bond acceptors (Lipinski definition) is 5. The summed E-state index contributed by atoms with van der Waals surface area (Å²) in [7, 11) is 0. The third-order valence-electron chi connectivity index (χ3n) is 4.96. The molecule has 0 aliphatic carbocycles. The average Bonchev–Trinajstić information content (AvgIpc) is 2.70. The number of carbonyl (C=O) groups is 3. The molecule has 0 aromatic heterocycles. The van der Waals surface area contributed by atoms with Gasteiger partial charge in [0.15, 0.2) is 5.60 Å². The van der Waals surface area contributed by atoms with Gasteiger partial charge in [0, 0.05) is 6.61 Å². The Kier molecular flexibility index (Phi) is 22.4. The van der Waals surface area contributed by atoms with Gasteiger partial charge in [-0.2, -0.15) is 0 Å². The van der Waals surface area contributed by atoms with E-state index in [0.29, 0.717) is 6.61 Å². The van der Waals surface area contributed by atoms with Crippen LogP contribution in [0.1, 0.15) is 110 Å². The minimum Gasteiger partial charge on any atom is -0.481 e. The first-order valence-electron chi connectivity index (χ1n) is 11.8. The van der Waals surface area contributed by atoms with Crippen molar-refractivity contribution in [2.24, 2.45) is 0 Å². The topological polar surface area (TPSA) is 152 Å². The third-order valence-corrected chi connectivity index (χ3v) is 4.96. The predicted octanol–water partition coefficient (Wildman–Crippen LogP) is 4.77. The molecule has 0 aromatic carbocycles. The third kappa shape index (κ3) is 22.7. The number of carboxylic acid groups (broad SMARTS) is 3. The largest absolute Gasteiger partial charge is 0.481 e. The first-order chi connectivity index (χ1) is 15.2. The van der Waals surface area contributed by atoms with Crippen LogP contribution in [0.15, 0.2) is 12.2 Å². The molecule has 8 nitrogen and oxygen atoms in total. The summed E-state index contributed by atoms with van der Waals surface area (Å²) >= 11 is 0. The summed E-state index contributed by atoms with van der Waals surface area (Å²) in [5, 5.41) is 42.5. The van der Waals surface area contributed by atoms with E-state index in [4.69, 9.17) is 25.5 Å². The molecular weight excluding hydrogens is 416 g/mol. The summed E-state index contributed by atoms with van der Waals surface area (Å²) in [5.74, 6) is -5.02. The zero-order valence-electron chi connectivity index (χ0n) is 19.6. The van der Waals surface area contributed by atoms with Crippen LogP contribution in [0.2, 0.25) is 0 Å². The molecule has 0 saturated heterocycles. The normalized spacial score (nSPS) is 11.2. The maximum atomic E-state index is 10.3. The lowest BCUT2D eigenvalue weighted by Gasteiger charge is -2.18. The maximum absolute atomic E-state index is 10.3. The van der Waals surface area contributed by atoms with Crippen molar-refractivity contribution < 1.29 is 39.9 Å². The van der Waals surface area contributed by atoms with Gasteiger partial charge in [0.2, 0.25) is 0 Å². The molecule has 0 spiro atoms. The van der Waals surface area contributed by atoms with Crippen molar-refractivity contribution in [2.45, 2.75) is 115 Å². The predicted molar refractivity (Wildman–Crippen MR) is 124 cm³/mol. The molecule has 0 atom stereocenters. The van der Waals surface area contributed by atoms with Gasteiger partial charge < -0.3 is 25.5 Å². The number of allylic oxidation sites excluding steroid dienone is 2. The number of aliphatic hydroxyl groups excluding tert-OH is 1. The van der Waals surface area contributed by atoms with Crippen molar-refractivity contribution in [3.8, 4) is 0 Å². The van der Waals surface area contributed by atoms with E-state index >= 15 is 0 Å². The highest BCUT2D eigenvalue weighted by Gasteiger charge is 2.40. The highest BCUT2D eigenvalue weighted by atomic mass is 16.4. The van der Waals surface area contributed by atoms with Crippen molar-refractivity contribution in [2.75, 3.05) is 6.61 Å². The number of aliphatic hydroxyl groups is 2. The van der Waals surface area contributed by atoms with Gasteiger partial charge in [0.1, 0.15) is 0 Å². The smallest absolute Gasteiger partial charge is 0.336 e. The standard InChI is InChI=1S/C18H36O.C6H8O7/c1-2-3-4-5-6-7-8-9-10-11-12-13-14-15-16-17-18-19;7-3(8)1-6(13,5(11)12)2-4(9)10/h9-10,19H,2-8,11-18H2,1H3;13H,1-2H2,(H,7,8)(H,9,10)(H,11,12)/b10-9-;. The van der Waals surface area contributed by atoms with E-state index in [1.807, 2.05) is 0 Å². The zero-order chi connectivity index (χ0) is 24.7. The van der Waals surface area contributed by atoms with E-state index in [-0.39, 0.29) is 0 Å². The molecule has 0 aliphatic heterocycles. The van der Waals surface area contributed by atoms with Crippen molar-refractivity contribution in [1.29, 1.82) is 0 Å². The van der Waals surface area contributed by atoms with Crippen molar-refractivity contribution in [3.05, 3.63) is 12.2 Å². The maximum Gasteiger partial charge on any atom is 0.336 e. The van der Waals surface area contributed by atoms with Gasteiger partial charge in [0.25, 0.3) is 0 Å². The van der Waals surface area contributed by atoms with E-state index in [0.717, 1.165) is 6.42 Å². The fourth-order valence-corrected chi connectivity index (χ4v) is 3.07. The van der Waals surface area contributed by atoms with Gasteiger partial charge in [-0.25, -0.2) is 4.79 Å². The summed E-state index contributed by atoms with van der Waals surface area (Å²) in [6.45, 7) is 2.64. The Labute approximate surface area is 192 Å². The van der Waals surface area contributed by atoms with E-state index < -0.39 is 36.4 Å². The second kappa shape index (κ2) is 22.3. The van der Waals surface area contributed by atoms with Crippen LogP contribution in [0, 0.1) is 0 Å². The van der Waals surface area contributed by atoms with Gasteiger partial charge in [0.05, 0.1) is 12.8 Å². The molecule has 0 radical (unpaired) electrons. The van der Waals surface area contributed by atoms with Gasteiger partial charge >= 0.3 is 17.9 Å². The summed E-state index contributed by atoms with van der Waals surface area (Å²) < 4.78 is 0. The highest BCUT2D eigenvalue weighted by Crippen LogP contribution is 2.15. The Morgan fingerprint density at radius 1 is 0.656 bits per heavy atom. The van der Waals surface area contributed by atoms with Crippen LogP contribution in [-0.4, -0.2) is 55.6 Å². The molecule has 32 heavy (non-hydrogen) atoms. The molecule has 0 amide bonds. The number of aliphatic carboxylic acids is 3. The van der Waals surface area contributed by atoms with Crippen LogP contribution in [0.5, 0.6) is 0 Å². The Morgan fingerprint density at radius 2 is 1.03 bits per heavy atom. The molecule has 0 aliphatic rings. The highest BCUT2D eigenvalue weighted by molar-refractivity contribution is 5.88. The zero-order valence-corrected chi connectivity index (χ0v) is 19.6. The summed E-state index contributed by atoms with van der Waals surface area (Å²) in [6, 6.07) is 0. The Morgan fingerprint density at radius 3 is 1.38 bits per heavy atom. The van der Waals surface area contributed by atoms with Crippen molar-refractivity contribution in [3.63, 3.8) is 0 Å². The lowest BCUT2D eigenvalue weighted by Crippen LogP contribution is -2.42. The van der Waals surface area contributed by atoms with Gasteiger partial charge in [-0.3, -0.25) is 9.59 Å². The number of unbranched alkanes of at least 4 members (excludes halogenated alkanes) is 12. The summed E-state index contributed by atoms with van der Waals surface area (Å²) in [6.07, 6.45) is 20.9. The molecular formula is C24H44O8. The lowest BCUT2D eigenvalue weighted by molar-refractivity contribution is -0.170. The van der Waals surface area contributed by atoms with Crippen molar-refractivity contribution in [1.82, 2.24) is 0 Å². The number of hydrogen-bond donors (Lipinski definition) is 5. The van der Waals surface area contributed by atoms with Crippen LogP contribution in [0.25, 0.3) is 0 Å². The second-order valence-electron chi connectivity index (χ2n) is 8.14. The summed E-state index contributed by atoms with van der Waals surface area (Å²) in [5.41, 5.74) is -2.74. The molecule has 5 N–H and O–H groups in total. The van der Waals surface area contributed by atoms with Crippen LogP contribution < -0.4 is 0 Å². The van der Waals surface area contributed by atoms with E-state index in [1.54, 1.807) is 0 Å². The van der Waals surface area contributed by atoms with Gasteiger partial charge in [-0.05, 0) is 32.1 Å². The Balaban J connectivity index is 0. The average molecular weight is 461 g/mol. The van der Waals surface area contributed by atoms with Gasteiger partial charge in [-0.15, -0.1) is 0 Å². The molecule has 0 bridgehead atoms. The molecule has 0 saturated carbocycles. The van der Waals surface area contributed by atoms with Crippen molar-refractivity contribution >= 4 is 17.9 Å². The van der Waals surface area contributed by atoms with E-state index in [2.05, 4.69) is 19.1 Å². The number of rotatable bonds is 20. The van der Waals surface area contributed by atoms with Crippen LogP contribution in [0.3, 0.4) is 0 Å². The monoisotopic (exact) mass is 460 g/mol. The number of carboxylic acids is 3. The fraction of sp³-hybridized carbons (Fsp3) is 0.792. The molecule has 0 aromatic rings. The Hall–Kier alpha value is -1.93. The first-order valence-corrected chi connectivity index (χ1v) is 11.8. The molecule has 0 unspecified atom stereocenters. The first kappa shape index (κ1) is 32.3. The summed E-state index contributed by atoms with van der Waals surface area (Å²) in [4.78, 5) is 30.5. The fourth-order valence-electron chi connectivity index (χ4n) is 3.07. The van der Waals surface area contributed by atoms with Crippen LogP contribution in [-0.2, 0) is 14.4 Å². The SMILES string of the molecule is CCCCCCCC/C=C\CCCCCCCCO.O=C(O)CC(O)(CC(=O)O)C(=O)O. The van der Waals surface area contributed by atoms with Gasteiger partial charge in [-0.1, -0.05) is 76.9 Å². The van der Waals surface area contributed by atoms with Crippen LogP contribution in [0.4, 0.5) is 0 Å². The minimum absolute atomic E-state index is 0.362. The molecule has 188 valence electrons. The quantitative estimate of drug-likeness (QED) is 0.129. The Bertz CT molecular complexity index is 500.